The number of aryl methyl sites for hydroxylation is 1. The van der Waals surface area contributed by atoms with E-state index in [1.54, 1.807) is 13.2 Å². The van der Waals surface area contributed by atoms with E-state index in [1.807, 2.05) is 0 Å². The lowest BCUT2D eigenvalue weighted by atomic mass is 10.2. The number of methoxy groups -OCH3 is 1. The van der Waals surface area contributed by atoms with Crippen molar-refractivity contribution in [3.63, 3.8) is 0 Å². The molecular formula is C8H10N2O3S. The van der Waals surface area contributed by atoms with Gasteiger partial charge in [-0.1, -0.05) is 11.6 Å². The van der Waals surface area contributed by atoms with Gasteiger partial charge in [-0.15, -0.1) is 5.76 Å². The van der Waals surface area contributed by atoms with E-state index in [0.29, 0.717) is 4.88 Å². The lowest BCUT2D eigenvalue weighted by Gasteiger charge is -2.09. The number of carbonyl (C=O) groups is 1. The van der Waals surface area contributed by atoms with E-state index in [-0.39, 0.29) is 11.3 Å². The second-order valence-corrected chi connectivity index (χ2v) is 3.45. The van der Waals surface area contributed by atoms with Crippen LogP contribution < -0.4 is 9.79 Å². The molecule has 0 aliphatic carbocycles. The van der Waals surface area contributed by atoms with Gasteiger partial charge in [-0.3, -0.25) is 0 Å². The summed E-state index contributed by atoms with van der Waals surface area (Å²) in [4.78, 5) is 11.8. The molecule has 0 atom stereocenters. The first-order chi connectivity index (χ1) is 6.56. The van der Waals surface area contributed by atoms with Gasteiger partial charge < -0.3 is 9.84 Å². The highest BCUT2D eigenvalue weighted by molar-refractivity contribution is 7.07. The Hall–Kier alpha value is -1.43. The summed E-state index contributed by atoms with van der Waals surface area (Å²) in [6.07, 6.45) is 1.61. The number of aromatic nitrogens is 2. The Kier molecular flexibility index (Phi) is 3.19. The summed E-state index contributed by atoms with van der Waals surface area (Å²) in [5, 5.41) is 11.2. The van der Waals surface area contributed by atoms with Crippen LogP contribution in [0, 0.1) is 0 Å². The number of allylic oxidation sites excluding steroid dienone is 1. The minimum absolute atomic E-state index is 0.0469. The molecule has 0 radical (unpaired) electrons. The van der Waals surface area contributed by atoms with Gasteiger partial charge in [0, 0.05) is 11.5 Å². The van der Waals surface area contributed by atoms with Crippen LogP contribution in [-0.4, -0.2) is 17.6 Å². The smallest absolute Gasteiger partial charge is 0.338 e. The highest BCUT2D eigenvalue weighted by Crippen LogP contribution is 2.19. The van der Waals surface area contributed by atoms with Crippen molar-refractivity contribution in [3.8, 4) is 0 Å². The maximum Gasteiger partial charge on any atom is 0.338 e. The zero-order valence-electron chi connectivity index (χ0n) is 8.10. The van der Waals surface area contributed by atoms with Crippen LogP contribution in [0.25, 0.3) is 5.57 Å². The van der Waals surface area contributed by atoms with E-state index in [0.717, 1.165) is 11.5 Å². The number of rotatable bonds is 2. The Morgan fingerprint density at radius 2 is 2.36 bits per heavy atom. The van der Waals surface area contributed by atoms with Gasteiger partial charge in [0.25, 0.3) is 0 Å². The fraction of sp³-hybridized carbons (Fsp3) is 0.375. The van der Waals surface area contributed by atoms with Crippen LogP contribution in [0.4, 0.5) is 0 Å². The summed E-state index contributed by atoms with van der Waals surface area (Å²) in [7, 11) is 2.96. The van der Waals surface area contributed by atoms with Crippen LogP contribution in [0.15, 0.2) is 12.0 Å². The number of ether oxygens (including phenoxy) is 1. The average molecular weight is 214 g/mol. The Morgan fingerprint density at radius 1 is 1.71 bits per heavy atom. The summed E-state index contributed by atoms with van der Waals surface area (Å²) in [5.41, 5.74) is 0.0469. The van der Waals surface area contributed by atoms with Gasteiger partial charge in [0.15, 0.2) is 7.05 Å². The summed E-state index contributed by atoms with van der Waals surface area (Å²) >= 11 is 1.08. The molecule has 14 heavy (non-hydrogen) atoms. The molecule has 0 saturated carbocycles. The van der Waals surface area contributed by atoms with Crippen molar-refractivity contribution in [2.75, 3.05) is 7.11 Å². The molecule has 0 bridgehead atoms. The monoisotopic (exact) mass is 214 g/mol. The van der Waals surface area contributed by atoms with Crippen molar-refractivity contribution >= 4 is 23.1 Å². The third-order valence-electron chi connectivity index (χ3n) is 1.56. The van der Waals surface area contributed by atoms with Crippen molar-refractivity contribution in [2.45, 2.75) is 6.92 Å². The molecule has 0 aliphatic heterocycles. The first-order valence-corrected chi connectivity index (χ1v) is 4.62. The third-order valence-corrected chi connectivity index (χ3v) is 2.41. The second-order valence-electron chi connectivity index (χ2n) is 2.66. The van der Waals surface area contributed by atoms with Gasteiger partial charge in [0.2, 0.25) is 6.20 Å². The largest absolute Gasteiger partial charge is 0.875 e. The quantitative estimate of drug-likeness (QED) is 0.281. The van der Waals surface area contributed by atoms with Crippen LogP contribution in [0.1, 0.15) is 11.8 Å². The summed E-state index contributed by atoms with van der Waals surface area (Å²) < 4.78 is 9.96. The Labute approximate surface area is 85.4 Å². The lowest BCUT2D eigenvalue weighted by Crippen LogP contribution is -2.27. The predicted molar refractivity (Wildman–Crippen MR) is 47.9 cm³/mol. The number of nitrogens with zero attached hydrogens (tertiary/aromatic N) is 2. The van der Waals surface area contributed by atoms with Crippen molar-refractivity contribution in [1.29, 1.82) is 0 Å². The standard InChI is InChI=1S/C8H10N2O3S/c1-5(11)7(8(12)13-3)6-4-10(2)9-14-6/h4H,1-3H3. The zero-order valence-corrected chi connectivity index (χ0v) is 8.92. The van der Waals surface area contributed by atoms with Gasteiger partial charge in [0.05, 0.1) is 17.2 Å². The third kappa shape index (κ3) is 2.08. The molecule has 0 unspecified atom stereocenters. The molecule has 0 saturated heterocycles. The molecule has 1 rings (SSSR count). The maximum absolute atomic E-state index is 11.3. The van der Waals surface area contributed by atoms with Crippen LogP contribution in [0.5, 0.6) is 0 Å². The first kappa shape index (κ1) is 10.6. The first-order valence-electron chi connectivity index (χ1n) is 3.85. The van der Waals surface area contributed by atoms with E-state index in [9.17, 15) is 9.90 Å². The Balaban J connectivity index is 3.15. The Bertz CT molecular complexity index is 380. The highest BCUT2D eigenvalue weighted by Gasteiger charge is 2.18. The van der Waals surface area contributed by atoms with Gasteiger partial charge >= 0.3 is 5.97 Å². The molecule has 76 valence electrons. The van der Waals surface area contributed by atoms with Crippen molar-refractivity contribution in [2.24, 2.45) is 7.05 Å². The second kappa shape index (κ2) is 4.19. The van der Waals surface area contributed by atoms with Gasteiger partial charge in [0.1, 0.15) is 4.88 Å². The van der Waals surface area contributed by atoms with E-state index in [1.165, 1.54) is 18.7 Å². The molecule has 5 nitrogen and oxygen atoms in total. The topological polar surface area (TPSA) is 66.1 Å². The van der Waals surface area contributed by atoms with Crippen LogP contribution in [0.3, 0.4) is 0 Å². The average Bonchev–Trinajstić information content (AvgIpc) is 2.51. The molecule has 0 aromatic carbocycles. The van der Waals surface area contributed by atoms with Gasteiger partial charge in [-0.2, -0.15) is 0 Å². The van der Waals surface area contributed by atoms with Crippen LogP contribution in [0.2, 0.25) is 0 Å². The van der Waals surface area contributed by atoms with Crippen molar-refractivity contribution < 1.29 is 19.3 Å². The van der Waals surface area contributed by atoms with Crippen LogP contribution >= 0.6 is 11.5 Å². The molecular weight excluding hydrogens is 204 g/mol. The number of hydrogen-bond donors (Lipinski definition) is 0. The highest BCUT2D eigenvalue weighted by atomic mass is 32.1. The van der Waals surface area contributed by atoms with Gasteiger partial charge in [-0.25, -0.2) is 4.79 Å². The number of esters is 1. The van der Waals surface area contributed by atoms with E-state index in [2.05, 4.69) is 9.23 Å². The van der Waals surface area contributed by atoms with Gasteiger partial charge in [-0.05, 0) is 0 Å². The molecule has 6 heteroatoms. The predicted octanol–water partition coefficient (Wildman–Crippen LogP) is -0.768. The maximum atomic E-state index is 11.3. The summed E-state index contributed by atoms with van der Waals surface area (Å²) in [5.74, 6) is -0.942. The van der Waals surface area contributed by atoms with E-state index in [4.69, 9.17) is 0 Å². The van der Waals surface area contributed by atoms with Crippen LogP contribution in [-0.2, 0) is 16.6 Å². The Morgan fingerprint density at radius 3 is 2.71 bits per heavy atom. The normalized spacial score (nSPS) is 12.2. The number of carbonyl (C=O) groups excluding carboxylic acids is 1. The lowest BCUT2D eigenvalue weighted by molar-refractivity contribution is -0.722. The minimum atomic E-state index is -0.623. The summed E-state index contributed by atoms with van der Waals surface area (Å²) in [6.45, 7) is 1.33. The minimum Gasteiger partial charge on any atom is -0.875 e. The molecule has 0 aliphatic rings. The SMILES string of the molecule is COC(=O)/C(=C(/C)[O-])c1c[n+](C)ns1. The van der Waals surface area contributed by atoms with Crippen molar-refractivity contribution in [3.05, 3.63) is 16.8 Å². The zero-order chi connectivity index (χ0) is 10.7. The number of hydrogen-bond acceptors (Lipinski definition) is 5. The molecule has 1 aromatic rings. The molecule has 0 fully saturated rings. The molecule has 0 N–H and O–H groups in total. The molecule has 1 aromatic heterocycles. The molecule has 0 amide bonds. The summed E-state index contributed by atoms with van der Waals surface area (Å²) in [6, 6.07) is 0. The van der Waals surface area contributed by atoms with Crippen molar-refractivity contribution in [1.82, 2.24) is 4.49 Å². The molecule has 0 spiro atoms. The van der Waals surface area contributed by atoms with E-state index < -0.39 is 5.97 Å². The van der Waals surface area contributed by atoms with E-state index >= 15 is 0 Å². The fourth-order valence-electron chi connectivity index (χ4n) is 0.955. The molecule has 1 heterocycles. The fourth-order valence-corrected chi connectivity index (χ4v) is 1.74.